The summed E-state index contributed by atoms with van der Waals surface area (Å²) in [6.07, 6.45) is 0. The maximum absolute atomic E-state index is 12.7. The molecule has 3 rings (SSSR count). The first-order valence-electron chi connectivity index (χ1n) is 7.86. The van der Waals surface area contributed by atoms with Crippen molar-refractivity contribution >= 4 is 22.8 Å². The Morgan fingerprint density at radius 3 is 2.75 bits per heavy atom. The number of hydrogen-bond donors (Lipinski definition) is 0. The molecule has 1 aliphatic rings. The van der Waals surface area contributed by atoms with Crippen LogP contribution in [-0.2, 0) is 5.75 Å². The number of rotatable bonds is 4. The molecule has 0 saturated carbocycles. The molecule has 0 aromatic heterocycles. The number of carbonyl (C=O) groups excluding carboxylic acids is 1. The summed E-state index contributed by atoms with van der Waals surface area (Å²) in [5, 5.41) is 0.803. The van der Waals surface area contributed by atoms with Crippen molar-refractivity contribution in [1.82, 2.24) is 4.90 Å². The lowest BCUT2D eigenvalue weighted by molar-refractivity contribution is 0.0860. The molecule has 0 fully saturated rings. The monoisotopic (exact) mass is 340 g/mol. The fourth-order valence-electron chi connectivity index (χ4n) is 2.58. The van der Waals surface area contributed by atoms with Crippen LogP contribution >= 0.6 is 11.8 Å². The van der Waals surface area contributed by atoms with Crippen LogP contribution in [0.2, 0.25) is 0 Å². The molecule has 5 heteroatoms. The number of thioether (sulfide) groups is 1. The van der Waals surface area contributed by atoms with Gasteiger partial charge in [0.05, 0.1) is 13.7 Å². The summed E-state index contributed by atoms with van der Waals surface area (Å²) in [7, 11) is 1.62. The van der Waals surface area contributed by atoms with E-state index in [1.165, 1.54) is 11.1 Å². The molecule has 24 heavy (non-hydrogen) atoms. The molecule has 1 aliphatic heterocycles. The molecule has 2 aromatic carbocycles. The maximum Gasteiger partial charge on any atom is 0.259 e. The summed E-state index contributed by atoms with van der Waals surface area (Å²) in [6.45, 7) is 3.39. The van der Waals surface area contributed by atoms with Gasteiger partial charge in [-0.3, -0.25) is 14.7 Å². The Bertz CT molecular complexity index is 756. The van der Waals surface area contributed by atoms with E-state index < -0.39 is 0 Å². The van der Waals surface area contributed by atoms with E-state index in [0.717, 1.165) is 16.7 Å². The van der Waals surface area contributed by atoms with E-state index in [2.05, 4.69) is 36.2 Å². The summed E-state index contributed by atoms with van der Waals surface area (Å²) in [5.74, 6) is 1.55. The molecule has 1 heterocycles. The van der Waals surface area contributed by atoms with Crippen molar-refractivity contribution in [3.05, 3.63) is 65.2 Å². The van der Waals surface area contributed by atoms with Gasteiger partial charge in [0.25, 0.3) is 5.91 Å². The lowest BCUT2D eigenvalue weighted by Crippen LogP contribution is -2.32. The Labute approximate surface area is 146 Å². The number of ether oxygens (including phenoxy) is 1. The second-order valence-electron chi connectivity index (χ2n) is 5.63. The van der Waals surface area contributed by atoms with Gasteiger partial charge >= 0.3 is 0 Å². The van der Waals surface area contributed by atoms with E-state index in [1.54, 1.807) is 48.0 Å². The third kappa shape index (κ3) is 3.79. The quantitative estimate of drug-likeness (QED) is 0.851. The number of aryl methyl sites for hydroxylation is 1. The molecule has 0 N–H and O–H groups in total. The first kappa shape index (κ1) is 16.6. The minimum atomic E-state index is -0.00866. The van der Waals surface area contributed by atoms with Gasteiger partial charge in [-0.2, -0.15) is 0 Å². The van der Waals surface area contributed by atoms with Crippen LogP contribution in [0.5, 0.6) is 5.75 Å². The fraction of sp³-hybridized carbons (Fsp3) is 0.263. The molecule has 2 aromatic rings. The highest BCUT2D eigenvalue weighted by atomic mass is 32.2. The van der Waals surface area contributed by atoms with Crippen molar-refractivity contribution in [2.75, 3.05) is 20.2 Å². The molecule has 0 radical (unpaired) electrons. The zero-order valence-electron chi connectivity index (χ0n) is 13.9. The van der Waals surface area contributed by atoms with Crippen LogP contribution in [0.4, 0.5) is 0 Å². The molecule has 1 amide bonds. The smallest absolute Gasteiger partial charge is 0.259 e. The van der Waals surface area contributed by atoms with E-state index in [4.69, 9.17) is 4.74 Å². The minimum Gasteiger partial charge on any atom is -0.497 e. The topological polar surface area (TPSA) is 41.9 Å². The molecule has 0 bridgehead atoms. The Morgan fingerprint density at radius 2 is 2.04 bits per heavy atom. The van der Waals surface area contributed by atoms with E-state index in [-0.39, 0.29) is 5.91 Å². The Hall–Kier alpha value is -2.27. The first-order valence-corrected chi connectivity index (χ1v) is 8.84. The minimum absolute atomic E-state index is 0.00866. The second-order valence-corrected chi connectivity index (χ2v) is 6.57. The predicted molar refractivity (Wildman–Crippen MR) is 98.8 cm³/mol. The Morgan fingerprint density at radius 1 is 1.25 bits per heavy atom. The number of aliphatic imine (C=N–C) groups is 1. The molecule has 0 atom stereocenters. The molecule has 4 nitrogen and oxygen atoms in total. The standard InChI is InChI=1S/C19H20N2O2S/c1-14-4-3-5-15(12-14)13-24-19-20-10-11-21(19)18(22)16-6-8-17(23-2)9-7-16/h3-9,12H,10-11,13H2,1-2H3. The Balaban J connectivity index is 1.67. The number of carbonyl (C=O) groups is 1. The SMILES string of the molecule is COc1ccc(C(=O)N2CCN=C2SCc2cccc(C)c2)cc1. The van der Waals surface area contributed by atoms with Crippen molar-refractivity contribution in [3.63, 3.8) is 0 Å². The Kier molecular flexibility index (Phi) is 5.20. The van der Waals surface area contributed by atoms with Crippen LogP contribution < -0.4 is 4.74 Å². The number of hydrogen-bond acceptors (Lipinski definition) is 4. The van der Waals surface area contributed by atoms with Gasteiger partial charge in [0.2, 0.25) is 0 Å². The molecule has 124 valence electrons. The van der Waals surface area contributed by atoms with Crippen LogP contribution in [0.15, 0.2) is 53.5 Å². The lowest BCUT2D eigenvalue weighted by Gasteiger charge is -2.18. The van der Waals surface area contributed by atoms with Crippen LogP contribution in [0.1, 0.15) is 21.5 Å². The number of nitrogens with zero attached hydrogens (tertiary/aromatic N) is 2. The van der Waals surface area contributed by atoms with E-state index in [9.17, 15) is 4.79 Å². The first-order chi connectivity index (χ1) is 11.7. The van der Waals surface area contributed by atoms with E-state index in [0.29, 0.717) is 18.7 Å². The fourth-order valence-corrected chi connectivity index (χ4v) is 3.57. The van der Waals surface area contributed by atoms with Gasteiger partial charge in [0, 0.05) is 17.9 Å². The molecular formula is C19H20N2O2S. The van der Waals surface area contributed by atoms with Crippen molar-refractivity contribution in [3.8, 4) is 5.75 Å². The number of methoxy groups -OCH3 is 1. The van der Waals surface area contributed by atoms with Gasteiger partial charge in [-0.05, 0) is 36.8 Å². The van der Waals surface area contributed by atoms with Crippen LogP contribution in [0, 0.1) is 6.92 Å². The van der Waals surface area contributed by atoms with Gasteiger partial charge in [0.1, 0.15) is 5.75 Å². The van der Waals surface area contributed by atoms with Crippen molar-refractivity contribution in [1.29, 1.82) is 0 Å². The third-order valence-electron chi connectivity index (χ3n) is 3.83. The third-order valence-corrected chi connectivity index (χ3v) is 4.92. The molecule has 0 aliphatic carbocycles. The van der Waals surface area contributed by atoms with E-state index >= 15 is 0 Å². The zero-order chi connectivity index (χ0) is 16.9. The maximum atomic E-state index is 12.7. The van der Waals surface area contributed by atoms with Gasteiger partial charge in [-0.25, -0.2) is 0 Å². The summed E-state index contributed by atoms with van der Waals surface area (Å²) >= 11 is 1.61. The highest BCUT2D eigenvalue weighted by Gasteiger charge is 2.25. The largest absolute Gasteiger partial charge is 0.497 e. The lowest BCUT2D eigenvalue weighted by atomic mass is 10.2. The number of benzene rings is 2. The summed E-state index contributed by atoms with van der Waals surface area (Å²) in [6, 6.07) is 15.6. The average Bonchev–Trinajstić information content (AvgIpc) is 3.08. The van der Waals surface area contributed by atoms with Crippen molar-refractivity contribution in [2.24, 2.45) is 4.99 Å². The highest BCUT2D eigenvalue weighted by molar-refractivity contribution is 8.13. The summed E-state index contributed by atoms with van der Waals surface area (Å²) in [4.78, 5) is 19.0. The number of amidine groups is 1. The van der Waals surface area contributed by atoms with Crippen molar-refractivity contribution < 1.29 is 9.53 Å². The van der Waals surface area contributed by atoms with Gasteiger partial charge in [0.15, 0.2) is 5.17 Å². The second kappa shape index (κ2) is 7.53. The highest BCUT2D eigenvalue weighted by Crippen LogP contribution is 2.22. The molecule has 0 saturated heterocycles. The predicted octanol–water partition coefficient (Wildman–Crippen LogP) is 3.75. The normalized spacial score (nSPS) is 13.8. The number of amides is 1. The summed E-state index contributed by atoms with van der Waals surface area (Å²) < 4.78 is 5.14. The van der Waals surface area contributed by atoms with Gasteiger partial charge < -0.3 is 4.74 Å². The van der Waals surface area contributed by atoms with E-state index in [1.807, 2.05) is 0 Å². The summed E-state index contributed by atoms with van der Waals surface area (Å²) in [5.41, 5.74) is 3.14. The van der Waals surface area contributed by atoms with Crippen LogP contribution in [0.3, 0.4) is 0 Å². The van der Waals surface area contributed by atoms with Crippen LogP contribution in [-0.4, -0.2) is 36.2 Å². The van der Waals surface area contributed by atoms with Gasteiger partial charge in [-0.1, -0.05) is 41.6 Å². The van der Waals surface area contributed by atoms with Crippen molar-refractivity contribution in [2.45, 2.75) is 12.7 Å². The zero-order valence-corrected chi connectivity index (χ0v) is 14.7. The molecule has 0 spiro atoms. The molecular weight excluding hydrogens is 320 g/mol. The van der Waals surface area contributed by atoms with Gasteiger partial charge in [-0.15, -0.1) is 0 Å². The average molecular weight is 340 g/mol. The molecule has 0 unspecified atom stereocenters. The van der Waals surface area contributed by atoms with Crippen LogP contribution in [0.25, 0.3) is 0 Å².